The Bertz CT molecular complexity index is 771. The van der Waals surface area contributed by atoms with E-state index in [1.165, 1.54) is 0 Å². The van der Waals surface area contributed by atoms with E-state index in [4.69, 9.17) is 4.74 Å². The number of H-pyrrole nitrogens is 1. The number of aliphatic hydroxyl groups excluding tert-OH is 1. The lowest BCUT2D eigenvalue weighted by Gasteiger charge is -2.45. The van der Waals surface area contributed by atoms with Crippen LogP contribution in [-0.2, 0) is 4.74 Å². The summed E-state index contributed by atoms with van der Waals surface area (Å²) in [5, 5.41) is 11.0. The van der Waals surface area contributed by atoms with Crippen molar-refractivity contribution in [2.45, 2.75) is 37.5 Å². The van der Waals surface area contributed by atoms with Gasteiger partial charge >= 0.3 is 0 Å². The van der Waals surface area contributed by atoms with Crippen molar-refractivity contribution in [3.8, 4) is 0 Å². The number of hydrogen-bond donors (Lipinski definition) is 2. The molecule has 0 radical (unpaired) electrons. The number of aromatic amines is 1. The summed E-state index contributed by atoms with van der Waals surface area (Å²) in [6, 6.07) is 5.41. The Hall–Kier alpha value is -1.96. The number of likely N-dealkylation sites (N-methyl/N-ethyl adjacent to an activating group) is 1. The molecule has 140 valence electrons. The van der Waals surface area contributed by atoms with E-state index in [-0.39, 0.29) is 18.0 Å². The van der Waals surface area contributed by atoms with Crippen LogP contribution in [0.2, 0.25) is 0 Å². The number of benzene rings is 1. The normalized spacial score (nSPS) is 27.5. The molecule has 2 aromatic rings. The van der Waals surface area contributed by atoms with Crippen molar-refractivity contribution in [3.63, 3.8) is 0 Å². The molecular weight excluding hydrogens is 332 g/mol. The van der Waals surface area contributed by atoms with Gasteiger partial charge in [0.2, 0.25) is 0 Å². The van der Waals surface area contributed by atoms with Crippen molar-refractivity contribution in [1.82, 2.24) is 19.8 Å². The molecule has 3 atom stereocenters. The molecule has 1 saturated carbocycles. The van der Waals surface area contributed by atoms with Crippen LogP contribution in [0.1, 0.15) is 29.6 Å². The van der Waals surface area contributed by atoms with Gasteiger partial charge in [-0.05, 0) is 37.5 Å². The number of amides is 1. The topological polar surface area (TPSA) is 81.7 Å². The van der Waals surface area contributed by atoms with Crippen LogP contribution in [-0.4, -0.2) is 82.3 Å². The highest BCUT2D eigenvalue weighted by molar-refractivity contribution is 5.97. The third kappa shape index (κ3) is 3.22. The summed E-state index contributed by atoms with van der Waals surface area (Å²) in [4.78, 5) is 24.3. The van der Waals surface area contributed by atoms with E-state index in [9.17, 15) is 9.90 Å². The zero-order valence-corrected chi connectivity index (χ0v) is 15.1. The van der Waals surface area contributed by atoms with Crippen LogP contribution in [0.15, 0.2) is 24.5 Å². The zero-order valence-electron chi connectivity index (χ0n) is 15.1. The molecule has 1 aliphatic heterocycles. The Balaban J connectivity index is 1.50. The monoisotopic (exact) mass is 358 g/mol. The SMILES string of the molecule is CN(C(=O)c1ccc2nc[nH]c2c1)[C@@H]1CCC[C@@H](N2CCOCC2)[C@@H]1O. The average molecular weight is 358 g/mol. The summed E-state index contributed by atoms with van der Waals surface area (Å²) in [5.41, 5.74) is 2.30. The molecule has 1 aromatic heterocycles. The summed E-state index contributed by atoms with van der Waals surface area (Å²) in [6.07, 6.45) is 3.91. The number of aliphatic hydroxyl groups is 1. The molecule has 7 heteroatoms. The number of morpholine rings is 1. The molecule has 2 aliphatic rings. The minimum atomic E-state index is -0.535. The number of aromatic nitrogens is 2. The number of rotatable bonds is 3. The van der Waals surface area contributed by atoms with Gasteiger partial charge in [-0.2, -0.15) is 0 Å². The Labute approximate surface area is 152 Å². The van der Waals surface area contributed by atoms with E-state index in [2.05, 4.69) is 14.9 Å². The van der Waals surface area contributed by atoms with Crippen LogP contribution in [0, 0.1) is 0 Å². The highest BCUT2D eigenvalue weighted by atomic mass is 16.5. The molecular formula is C19H26N4O3. The first kappa shape index (κ1) is 17.5. The lowest BCUT2D eigenvalue weighted by Crippen LogP contribution is -2.58. The largest absolute Gasteiger partial charge is 0.389 e. The predicted molar refractivity (Wildman–Crippen MR) is 98.0 cm³/mol. The van der Waals surface area contributed by atoms with Crippen molar-refractivity contribution in [2.75, 3.05) is 33.4 Å². The summed E-state index contributed by atoms with van der Waals surface area (Å²) < 4.78 is 5.43. The van der Waals surface area contributed by atoms with Crippen LogP contribution < -0.4 is 0 Å². The molecule has 0 unspecified atom stereocenters. The predicted octanol–water partition coefficient (Wildman–Crippen LogP) is 1.25. The molecule has 1 amide bonds. The van der Waals surface area contributed by atoms with Crippen molar-refractivity contribution in [1.29, 1.82) is 0 Å². The van der Waals surface area contributed by atoms with Crippen LogP contribution in [0.4, 0.5) is 0 Å². The minimum Gasteiger partial charge on any atom is -0.389 e. The van der Waals surface area contributed by atoms with Gasteiger partial charge in [-0.3, -0.25) is 9.69 Å². The second-order valence-electron chi connectivity index (χ2n) is 7.26. The number of nitrogens with one attached hydrogen (secondary N) is 1. The molecule has 2 heterocycles. The quantitative estimate of drug-likeness (QED) is 0.863. The molecule has 0 spiro atoms. The Morgan fingerprint density at radius 3 is 2.96 bits per heavy atom. The van der Waals surface area contributed by atoms with Gasteiger partial charge in [0.1, 0.15) is 0 Å². The van der Waals surface area contributed by atoms with Crippen molar-refractivity contribution in [3.05, 3.63) is 30.1 Å². The first-order chi connectivity index (χ1) is 12.6. The van der Waals surface area contributed by atoms with Gasteiger partial charge in [0.15, 0.2) is 0 Å². The van der Waals surface area contributed by atoms with Crippen LogP contribution in [0.25, 0.3) is 11.0 Å². The number of carbonyl (C=O) groups excluding carboxylic acids is 1. The van der Waals surface area contributed by atoms with Crippen LogP contribution in [0.3, 0.4) is 0 Å². The van der Waals surface area contributed by atoms with E-state index >= 15 is 0 Å². The lowest BCUT2D eigenvalue weighted by molar-refractivity contribution is -0.0613. The highest BCUT2D eigenvalue weighted by Gasteiger charge is 2.39. The Kier molecular flexibility index (Phi) is 4.93. The molecule has 0 bridgehead atoms. The summed E-state index contributed by atoms with van der Waals surface area (Å²) in [5.74, 6) is -0.0619. The van der Waals surface area contributed by atoms with Crippen molar-refractivity contribution in [2.24, 2.45) is 0 Å². The molecule has 1 aliphatic carbocycles. The van der Waals surface area contributed by atoms with Crippen LogP contribution in [0.5, 0.6) is 0 Å². The third-order valence-electron chi connectivity index (χ3n) is 5.79. The van der Waals surface area contributed by atoms with E-state index in [1.54, 1.807) is 24.3 Å². The molecule has 2 N–H and O–H groups in total. The molecule has 1 aromatic carbocycles. The van der Waals surface area contributed by atoms with Gasteiger partial charge in [0, 0.05) is 31.7 Å². The number of imidazole rings is 1. The second kappa shape index (κ2) is 7.34. The molecule has 2 fully saturated rings. The van der Waals surface area contributed by atoms with Gasteiger partial charge < -0.3 is 19.7 Å². The average Bonchev–Trinajstić information content (AvgIpc) is 3.15. The number of nitrogens with zero attached hydrogens (tertiary/aromatic N) is 3. The zero-order chi connectivity index (χ0) is 18.1. The smallest absolute Gasteiger partial charge is 0.254 e. The van der Waals surface area contributed by atoms with Crippen LogP contribution >= 0.6 is 0 Å². The second-order valence-corrected chi connectivity index (χ2v) is 7.26. The van der Waals surface area contributed by atoms with E-state index in [1.807, 2.05) is 12.1 Å². The van der Waals surface area contributed by atoms with Gasteiger partial charge in [0.25, 0.3) is 5.91 Å². The third-order valence-corrected chi connectivity index (χ3v) is 5.79. The van der Waals surface area contributed by atoms with E-state index < -0.39 is 6.10 Å². The van der Waals surface area contributed by atoms with E-state index in [0.717, 1.165) is 43.4 Å². The number of hydrogen-bond acceptors (Lipinski definition) is 5. The van der Waals surface area contributed by atoms with Crippen molar-refractivity contribution < 1.29 is 14.6 Å². The summed E-state index contributed by atoms with van der Waals surface area (Å²) in [6.45, 7) is 3.13. The van der Waals surface area contributed by atoms with Gasteiger partial charge in [0.05, 0.1) is 42.7 Å². The fourth-order valence-electron chi connectivity index (χ4n) is 4.29. The number of fused-ring (bicyclic) bond motifs is 1. The van der Waals surface area contributed by atoms with Gasteiger partial charge in [-0.15, -0.1) is 0 Å². The minimum absolute atomic E-state index is 0.0619. The number of carbonyl (C=O) groups is 1. The maximum Gasteiger partial charge on any atom is 0.254 e. The number of ether oxygens (including phenoxy) is 1. The highest BCUT2D eigenvalue weighted by Crippen LogP contribution is 2.28. The molecule has 7 nitrogen and oxygen atoms in total. The first-order valence-corrected chi connectivity index (χ1v) is 9.35. The molecule has 26 heavy (non-hydrogen) atoms. The van der Waals surface area contributed by atoms with Crippen molar-refractivity contribution >= 4 is 16.9 Å². The molecule has 1 saturated heterocycles. The fourth-order valence-corrected chi connectivity index (χ4v) is 4.29. The Morgan fingerprint density at radius 1 is 1.35 bits per heavy atom. The maximum atomic E-state index is 13.0. The standard InChI is InChI=1S/C19H26N4O3/c1-22(19(25)13-5-6-14-15(11-13)21-12-20-14)16-3-2-4-17(18(16)24)23-7-9-26-10-8-23/h5-6,11-12,16-18,24H,2-4,7-10H2,1H3,(H,20,21)/t16-,17-,18-/m1/s1. The van der Waals surface area contributed by atoms with Gasteiger partial charge in [-0.25, -0.2) is 4.98 Å². The fraction of sp³-hybridized carbons (Fsp3) is 0.579. The molecule has 4 rings (SSSR count). The summed E-state index contributed by atoms with van der Waals surface area (Å²) >= 11 is 0. The van der Waals surface area contributed by atoms with Gasteiger partial charge in [-0.1, -0.05) is 0 Å². The summed E-state index contributed by atoms with van der Waals surface area (Å²) in [7, 11) is 1.80. The first-order valence-electron chi connectivity index (χ1n) is 9.35. The van der Waals surface area contributed by atoms with E-state index in [0.29, 0.717) is 18.8 Å². The lowest BCUT2D eigenvalue weighted by atomic mass is 9.86. The maximum absolute atomic E-state index is 13.0. The Morgan fingerprint density at radius 2 is 2.15 bits per heavy atom.